The van der Waals surface area contributed by atoms with Crippen molar-refractivity contribution in [2.45, 2.75) is 20.3 Å². The lowest BCUT2D eigenvalue weighted by atomic mass is 9.89. The third kappa shape index (κ3) is 3.44. The fourth-order valence-electron chi connectivity index (χ4n) is 3.66. The maximum Gasteiger partial charge on any atom is -0.00992 e. The minimum atomic E-state index is 0.954. The third-order valence-electron chi connectivity index (χ3n) is 5.14. The van der Waals surface area contributed by atoms with Gasteiger partial charge in [-0.3, -0.25) is 0 Å². The van der Waals surface area contributed by atoms with Crippen LogP contribution in [0.2, 0.25) is 0 Å². The van der Waals surface area contributed by atoms with E-state index in [1.54, 1.807) is 0 Å². The summed E-state index contributed by atoms with van der Waals surface area (Å²) in [6.45, 7) is 16.5. The average Bonchev–Trinajstić information content (AvgIpc) is 2.73. The van der Waals surface area contributed by atoms with Gasteiger partial charge in [0.1, 0.15) is 0 Å². The van der Waals surface area contributed by atoms with E-state index in [2.05, 4.69) is 94.3 Å². The van der Waals surface area contributed by atoms with Gasteiger partial charge in [-0.25, -0.2) is 0 Å². The monoisotopic (exact) mass is 350 g/mol. The highest BCUT2D eigenvalue weighted by Gasteiger charge is 2.11. The number of hydrogen-bond acceptors (Lipinski definition) is 0. The lowest BCUT2D eigenvalue weighted by molar-refractivity contribution is 1.16. The second-order valence-corrected chi connectivity index (χ2v) is 6.62. The highest BCUT2D eigenvalue weighted by atomic mass is 14.2. The number of hydrogen-bond donors (Lipinski definition) is 0. The molecule has 0 atom stereocenters. The van der Waals surface area contributed by atoms with Crippen molar-refractivity contribution >= 4 is 28.5 Å². The summed E-state index contributed by atoms with van der Waals surface area (Å²) in [7, 11) is 0. The van der Waals surface area contributed by atoms with E-state index in [0.29, 0.717) is 0 Å². The van der Waals surface area contributed by atoms with Crippen molar-refractivity contribution in [1.29, 1.82) is 0 Å². The fraction of sp³-hybridized carbons (Fsp3) is 0.111. The van der Waals surface area contributed by atoms with Crippen molar-refractivity contribution in [2.24, 2.45) is 0 Å². The van der Waals surface area contributed by atoms with E-state index in [1.807, 2.05) is 12.2 Å². The Kier molecular flexibility index (Phi) is 5.57. The molecule has 0 amide bonds. The van der Waals surface area contributed by atoms with Crippen molar-refractivity contribution in [3.8, 4) is 11.1 Å². The molecule has 0 aliphatic heterocycles. The molecule has 0 fully saturated rings. The number of benzene rings is 3. The van der Waals surface area contributed by atoms with Gasteiger partial charge in [0.15, 0.2) is 0 Å². The summed E-state index contributed by atoms with van der Waals surface area (Å²) in [4.78, 5) is 0. The van der Waals surface area contributed by atoms with E-state index < -0.39 is 0 Å². The van der Waals surface area contributed by atoms with Crippen LogP contribution < -0.4 is 0 Å². The maximum atomic E-state index is 4.19. The number of allylic oxidation sites excluding steroid dienone is 3. The summed E-state index contributed by atoms with van der Waals surface area (Å²) in [5.74, 6) is 0. The largest absolute Gasteiger partial charge is 0.0984 e. The van der Waals surface area contributed by atoms with Gasteiger partial charge < -0.3 is 0 Å². The van der Waals surface area contributed by atoms with Crippen LogP contribution in [0.3, 0.4) is 0 Å². The second-order valence-electron chi connectivity index (χ2n) is 6.62. The molecule has 0 heteroatoms. The van der Waals surface area contributed by atoms with Gasteiger partial charge in [0.05, 0.1) is 0 Å². The molecule has 0 radical (unpaired) electrons. The standard InChI is InChI=1S/C27H26/c1-6-19(5)23(7-2)20-14-16-21(17-15-20)27-18-22-12-10-11-13-26(22)24(8-3)25(27)9-4/h7-18H,3-6H2,1-2H3/b23-7+. The van der Waals surface area contributed by atoms with E-state index in [1.165, 1.54) is 33.0 Å². The Balaban J connectivity index is 2.17. The lowest BCUT2D eigenvalue weighted by Gasteiger charge is -2.15. The van der Waals surface area contributed by atoms with Gasteiger partial charge in [0.25, 0.3) is 0 Å². The zero-order valence-corrected chi connectivity index (χ0v) is 16.3. The molecule has 0 heterocycles. The molecule has 0 bridgehead atoms. The second kappa shape index (κ2) is 8.05. The highest BCUT2D eigenvalue weighted by Crippen LogP contribution is 2.35. The molecular weight excluding hydrogens is 324 g/mol. The van der Waals surface area contributed by atoms with Crippen molar-refractivity contribution in [1.82, 2.24) is 0 Å². The van der Waals surface area contributed by atoms with E-state index in [4.69, 9.17) is 0 Å². The van der Waals surface area contributed by atoms with Crippen LogP contribution in [-0.2, 0) is 0 Å². The molecule has 3 aromatic carbocycles. The molecule has 0 spiro atoms. The Bertz CT molecular complexity index is 1040. The van der Waals surface area contributed by atoms with Gasteiger partial charge in [-0.15, -0.1) is 0 Å². The molecule has 0 aliphatic rings. The molecule has 27 heavy (non-hydrogen) atoms. The van der Waals surface area contributed by atoms with E-state index in [-0.39, 0.29) is 0 Å². The Morgan fingerprint density at radius 1 is 0.926 bits per heavy atom. The first-order valence-electron chi connectivity index (χ1n) is 9.40. The first kappa shape index (κ1) is 18.7. The summed E-state index contributed by atoms with van der Waals surface area (Å²) >= 11 is 0. The van der Waals surface area contributed by atoms with Crippen LogP contribution in [-0.4, -0.2) is 0 Å². The molecule has 134 valence electrons. The van der Waals surface area contributed by atoms with Crippen LogP contribution in [0.15, 0.2) is 86.0 Å². The molecule has 0 saturated heterocycles. The van der Waals surface area contributed by atoms with E-state index >= 15 is 0 Å². The fourth-order valence-corrected chi connectivity index (χ4v) is 3.66. The Labute approximate surface area is 162 Å². The molecular formula is C27H26. The lowest BCUT2D eigenvalue weighted by Crippen LogP contribution is -1.92. The average molecular weight is 351 g/mol. The third-order valence-corrected chi connectivity index (χ3v) is 5.14. The SMILES string of the molecule is C=Cc1c(-c2ccc(/C(=C/C)C(=C)CC)cc2)cc2ccccc2c1C=C. The minimum Gasteiger partial charge on any atom is -0.0984 e. The number of rotatable bonds is 6. The molecule has 0 unspecified atom stereocenters. The van der Waals surface area contributed by atoms with Crippen LogP contribution in [0.1, 0.15) is 37.0 Å². The van der Waals surface area contributed by atoms with Crippen molar-refractivity contribution in [3.05, 3.63) is 103 Å². The Morgan fingerprint density at radius 3 is 2.19 bits per heavy atom. The van der Waals surface area contributed by atoms with Crippen LogP contribution in [0.5, 0.6) is 0 Å². The van der Waals surface area contributed by atoms with Crippen molar-refractivity contribution in [3.63, 3.8) is 0 Å². The molecule has 0 saturated carbocycles. The molecule has 3 aromatic rings. The summed E-state index contributed by atoms with van der Waals surface area (Å²) in [6, 6.07) is 19.4. The predicted molar refractivity (Wildman–Crippen MR) is 123 cm³/mol. The molecule has 0 aromatic heterocycles. The van der Waals surface area contributed by atoms with E-state index in [9.17, 15) is 0 Å². The first-order chi connectivity index (χ1) is 13.1. The Hall–Kier alpha value is -3.12. The minimum absolute atomic E-state index is 0.954. The quantitative estimate of drug-likeness (QED) is 0.393. The van der Waals surface area contributed by atoms with Crippen LogP contribution >= 0.6 is 0 Å². The summed E-state index contributed by atoms with van der Waals surface area (Å²) in [6.07, 6.45) is 6.96. The summed E-state index contributed by atoms with van der Waals surface area (Å²) in [5.41, 5.74) is 8.21. The molecule has 0 nitrogen and oxygen atoms in total. The van der Waals surface area contributed by atoms with Gasteiger partial charge in [-0.2, -0.15) is 0 Å². The van der Waals surface area contributed by atoms with Crippen LogP contribution in [0, 0.1) is 0 Å². The smallest absolute Gasteiger partial charge is 0.00992 e. The van der Waals surface area contributed by atoms with Gasteiger partial charge >= 0.3 is 0 Å². The van der Waals surface area contributed by atoms with Gasteiger partial charge in [0.2, 0.25) is 0 Å². The summed E-state index contributed by atoms with van der Waals surface area (Å²) in [5, 5.41) is 2.42. The normalized spacial score (nSPS) is 11.4. The molecule has 0 N–H and O–H groups in total. The maximum absolute atomic E-state index is 4.19. The first-order valence-corrected chi connectivity index (χ1v) is 9.40. The Morgan fingerprint density at radius 2 is 1.59 bits per heavy atom. The highest BCUT2D eigenvalue weighted by molar-refractivity contribution is 5.99. The summed E-state index contributed by atoms with van der Waals surface area (Å²) < 4.78 is 0. The van der Waals surface area contributed by atoms with Crippen molar-refractivity contribution < 1.29 is 0 Å². The zero-order chi connectivity index (χ0) is 19.4. The van der Waals surface area contributed by atoms with E-state index in [0.717, 1.165) is 23.1 Å². The number of fused-ring (bicyclic) bond motifs is 1. The van der Waals surface area contributed by atoms with Crippen LogP contribution in [0.25, 0.3) is 39.6 Å². The predicted octanol–water partition coefficient (Wildman–Crippen LogP) is 8.16. The van der Waals surface area contributed by atoms with Crippen molar-refractivity contribution in [2.75, 3.05) is 0 Å². The van der Waals surface area contributed by atoms with Gasteiger partial charge in [-0.05, 0) is 69.1 Å². The topological polar surface area (TPSA) is 0 Å². The zero-order valence-electron chi connectivity index (χ0n) is 16.3. The van der Waals surface area contributed by atoms with Crippen LogP contribution in [0.4, 0.5) is 0 Å². The van der Waals surface area contributed by atoms with Gasteiger partial charge in [-0.1, -0.05) is 93.4 Å². The van der Waals surface area contributed by atoms with Gasteiger partial charge in [0, 0.05) is 0 Å². The molecule has 0 aliphatic carbocycles. The molecule has 3 rings (SSSR count).